The fraction of sp³-hybridized carbons (Fsp3) is 0.864. The maximum Gasteiger partial charge on any atom is 0.278 e. The van der Waals surface area contributed by atoms with Crippen LogP contribution in [0.4, 0.5) is 5.69 Å². The van der Waals surface area contributed by atoms with Gasteiger partial charge in [-0.05, 0) is 37.8 Å². The van der Waals surface area contributed by atoms with Crippen molar-refractivity contribution >= 4 is 5.69 Å². The summed E-state index contributed by atoms with van der Waals surface area (Å²) in [4.78, 5) is 11.5. The maximum atomic E-state index is 11.8. The molecule has 0 saturated heterocycles. The summed E-state index contributed by atoms with van der Waals surface area (Å²) in [5.74, 6) is 0.122. The van der Waals surface area contributed by atoms with E-state index in [4.69, 9.17) is 0 Å². The van der Waals surface area contributed by atoms with Crippen molar-refractivity contribution in [1.82, 2.24) is 0 Å². The third kappa shape index (κ3) is 28.4. The minimum atomic E-state index is -0.289. The van der Waals surface area contributed by atoms with Gasteiger partial charge in [-0.15, -0.1) is 0 Å². The molecule has 0 aliphatic rings. The molecule has 0 heterocycles. The minimum Gasteiger partial charge on any atom is -1.00 e. The van der Waals surface area contributed by atoms with E-state index >= 15 is 0 Å². The zero-order chi connectivity index (χ0) is 35.7. The number of phenolic OH excluding ortho intramolecular Hbond substituents is 1. The number of aromatic hydroxyl groups is 1. The van der Waals surface area contributed by atoms with Crippen LogP contribution in [-0.2, 0) is 6.54 Å². The number of unbranched alkanes of at least 4 members (excludes halogenated alkanes) is 30. The highest BCUT2D eigenvalue weighted by atomic mass is 79.9. The quantitative estimate of drug-likeness (QED) is 0.0317. The lowest BCUT2D eigenvalue weighted by molar-refractivity contribution is -0.923. The molecular weight excluding hydrogens is 684 g/mol. The van der Waals surface area contributed by atoms with Gasteiger partial charge in [-0.2, -0.15) is 0 Å². The molecule has 0 atom stereocenters. The first-order valence-corrected chi connectivity index (χ1v) is 21.7. The Labute approximate surface area is 321 Å². The van der Waals surface area contributed by atoms with Crippen LogP contribution in [0.2, 0.25) is 0 Å². The lowest BCUT2D eigenvalue weighted by atomic mass is 10.0. The van der Waals surface area contributed by atoms with Gasteiger partial charge in [0.15, 0.2) is 0 Å². The Bertz CT molecular complexity index is 860. The van der Waals surface area contributed by atoms with Crippen molar-refractivity contribution in [3.8, 4) is 5.75 Å². The molecule has 6 heteroatoms. The Balaban J connectivity index is 0.0000240. The van der Waals surface area contributed by atoms with Gasteiger partial charge in [0.05, 0.1) is 30.6 Å². The fourth-order valence-electron chi connectivity index (χ4n) is 7.64. The monoisotopic (exact) mass is 767 g/mol. The Kier molecular flexibility index (Phi) is 34.1. The average Bonchev–Trinajstić information content (AvgIpc) is 3.08. The molecule has 1 rings (SSSR count). The second kappa shape index (κ2) is 34.9. The van der Waals surface area contributed by atoms with Crippen LogP contribution in [0.25, 0.3) is 0 Å². The lowest BCUT2D eigenvalue weighted by Gasteiger charge is -2.35. The molecule has 0 aliphatic heterocycles. The maximum absolute atomic E-state index is 11.8. The number of nitro benzene ring substituents is 1. The summed E-state index contributed by atoms with van der Waals surface area (Å²) in [6, 6.07) is 4.53. The van der Waals surface area contributed by atoms with E-state index in [1.807, 2.05) is 0 Å². The number of hydrogen-bond acceptors (Lipinski definition) is 3. The number of phenols is 1. The van der Waals surface area contributed by atoms with Crippen LogP contribution in [0.1, 0.15) is 225 Å². The molecule has 0 radical (unpaired) electrons. The second-order valence-electron chi connectivity index (χ2n) is 15.9. The van der Waals surface area contributed by atoms with E-state index < -0.39 is 0 Å². The van der Waals surface area contributed by atoms with E-state index in [-0.39, 0.29) is 33.3 Å². The van der Waals surface area contributed by atoms with Crippen molar-refractivity contribution in [1.29, 1.82) is 0 Å². The number of nitrogens with zero attached hydrogens (tertiary/aromatic N) is 2. The van der Waals surface area contributed by atoms with Gasteiger partial charge in [-0.25, -0.2) is 0 Å². The summed E-state index contributed by atoms with van der Waals surface area (Å²) in [5, 5.41) is 21.9. The molecule has 50 heavy (non-hydrogen) atoms. The molecule has 5 nitrogen and oxygen atoms in total. The van der Waals surface area contributed by atoms with Crippen molar-refractivity contribution in [2.75, 3.05) is 20.1 Å². The number of hydrogen-bond donors (Lipinski definition) is 1. The molecule has 0 amide bonds. The number of benzene rings is 1. The lowest BCUT2D eigenvalue weighted by Crippen LogP contribution is -3.00. The predicted octanol–water partition coefficient (Wildman–Crippen LogP) is 11.8. The van der Waals surface area contributed by atoms with Crippen LogP contribution >= 0.6 is 0 Å². The van der Waals surface area contributed by atoms with Gasteiger partial charge in [0.25, 0.3) is 5.69 Å². The van der Waals surface area contributed by atoms with Gasteiger partial charge in [-0.3, -0.25) is 10.1 Å². The normalized spacial score (nSPS) is 11.6. The summed E-state index contributed by atoms with van der Waals surface area (Å²) >= 11 is 0. The Morgan fingerprint density at radius 2 is 0.800 bits per heavy atom. The topological polar surface area (TPSA) is 63.4 Å². The number of nitro groups is 1. The summed E-state index contributed by atoms with van der Waals surface area (Å²) in [6.07, 6.45) is 43.8. The van der Waals surface area contributed by atoms with E-state index in [1.54, 1.807) is 6.07 Å². The Hall–Kier alpha value is -1.14. The van der Waals surface area contributed by atoms with Gasteiger partial charge in [0, 0.05) is 6.07 Å². The summed E-state index contributed by atoms with van der Waals surface area (Å²) < 4.78 is 0.821. The molecule has 0 bridgehead atoms. The van der Waals surface area contributed by atoms with Gasteiger partial charge in [0.1, 0.15) is 12.3 Å². The predicted molar refractivity (Wildman–Crippen MR) is 213 cm³/mol. The molecule has 0 unspecified atom stereocenters. The van der Waals surface area contributed by atoms with Crippen LogP contribution in [0.15, 0.2) is 18.2 Å². The third-order valence-corrected chi connectivity index (χ3v) is 10.9. The first-order chi connectivity index (χ1) is 23.9. The van der Waals surface area contributed by atoms with E-state index in [9.17, 15) is 15.2 Å². The van der Waals surface area contributed by atoms with Crippen LogP contribution in [0.5, 0.6) is 5.75 Å². The Morgan fingerprint density at radius 1 is 0.520 bits per heavy atom. The van der Waals surface area contributed by atoms with Crippen LogP contribution < -0.4 is 17.0 Å². The van der Waals surface area contributed by atoms with Crippen molar-refractivity contribution in [2.45, 2.75) is 226 Å². The van der Waals surface area contributed by atoms with Crippen LogP contribution in [-0.4, -0.2) is 34.7 Å². The highest BCUT2D eigenvalue weighted by molar-refractivity contribution is 5.44. The van der Waals surface area contributed by atoms with E-state index in [0.29, 0.717) is 12.1 Å². The molecule has 0 saturated carbocycles. The molecule has 0 spiro atoms. The molecule has 1 aromatic rings. The van der Waals surface area contributed by atoms with E-state index in [1.165, 1.54) is 218 Å². The van der Waals surface area contributed by atoms with E-state index in [0.717, 1.165) is 17.6 Å². The largest absolute Gasteiger partial charge is 1.00 e. The van der Waals surface area contributed by atoms with E-state index in [2.05, 4.69) is 20.9 Å². The smallest absolute Gasteiger partial charge is 0.278 e. The first-order valence-electron chi connectivity index (χ1n) is 21.7. The van der Waals surface area contributed by atoms with Crippen LogP contribution in [0, 0.1) is 10.1 Å². The van der Waals surface area contributed by atoms with Crippen molar-refractivity contribution in [3.63, 3.8) is 0 Å². The average molecular weight is 768 g/mol. The van der Waals surface area contributed by atoms with Crippen molar-refractivity contribution < 1.29 is 31.5 Å². The summed E-state index contributed by atoms with van der Waals surface area (Å²) in [6.45, 7) is 7.28. The highest BCUT2D eigenvalue weighted by Gasteiger charge is 2.26. The first kappa shape index (κ1) is 48.9. The number of rotatable bonds is 37. The number of quaternary nitrogens is 1. The molecule has 294 valence electrons. The summed E-state index contributed by atoms with van der Waals surface area (Å²) in [5.41, 5.74) is 0.807. The molecule has 0 aliphatic carbocycles. The van der Waals surface area contributed by atoms with Gasteiger partial charge >= 0.3 is 0 Å². The molecule has 0 fully saturated rings. The highest BCUT2D eigenvalue weighted by Crippen LogP contribution is 2.28. The fourth-order valence-corrected chi connectivity index (χ4v) is 7.64. The second-order valence-corrected chi connectivity index (χ2v) is 15.9. The summed E-state index contributed by atoms with van der Waals surface area (Å²) in [7, 11) is 2.28. The molecular formula is C44H83BrN2O3. The molecule has 0 aromatic heterocycles. The molecule has 1 aromatic carbocycles. The Morgan fingerprint density at radius 3 is 1.08 bits per heavy atom. The van der Waals surface area contributed by atoms with Crippen LogP contribution in [0.3, 0.4) is 0 Å². The zero-order valence-corrected chi connectivity index (χ0v) is 35.1. The van der Waals surface area contributed by atoms with Gasteiger partial charge in [-0.1, -0.05) is 194 Å². The molecule has 1 N–H and O–H groups in total. The zero-order valence-electron chi connectivity index (χ0n) is 33.5. The van der Waals surface area contributed by atoms with Gasteiger partial charge in [0.2, 0.25) is 0 Å². The third-order valence-electron chi connectivity index (χ3n) is 10.9. The van der Waals surface area contributed by atoms with Gasteiger partial charge < -0.3 is 26.6 Å². The standard InChI is InChI=1S/C44H82N2O3.BrH/c1-4-6-8-10-12-14-16-18-20-22-24-26-28-30-32-34-38-46(3,41-42-40-43(47)36-37-44(42)45(48)49)39-35-33-31-29-27-25-23-21-19-17-15-13-11-9-7-5-2;/h36-37,40H,4-35,38-39,41H2,1-3H3;1H. The van der Waals surface area contributed by atoms with Crippen molar-refractivity contribution in [2.24, 2.45) is 0 Å². The van der Waals surface area contributed by atoms with Crippen molar-refractivity contribution in [3.05, 3.63) is 33.9 Å². The SMILES string of the molecule is CCCCCCCCCCCCCCCCCC[N+](C)(CCCCCCCCCCCCCCCCCC)Cc1cc(O)ccc1[N+](=O)[O-].[Br-]. The number of halogens is 1. The minimum absolute atomic E-state index is 0.